The average molecular weight is 371 g/mol. The molecule has 0 bridgehead atoms. The average Bonchev–Trinajstić information content (AvgIpc) is 2.55. The van der Waals surface area contributed by atoms with Crippen molar-refractivity contribution in [3.63, 3.8) is 0 Å². The molecule has 0 spiro atoms. The first kappa shape index (κ1) is 20.8. The lowest BCUT2D eigenvalue weighted by molar-refractivity contribution is -0.146. The van der Waals surface area contributed by atoms with Gasteiger partial charge in [0.15, 0.2) is 0 Å². The van der Waals surface area contributed by atoms with Crippen molar-refractivity contribution in [2.45, 2.75) is 102 Å². The SMILES string of the molecule is C=C(C)C(=O)OC1CCC(C2CCC(OC(C)CC(C)Cl)CC2)CC1. The van der Waals surface area contributed by atoms with Crippen LogP contribution < -0.4 is 0 Å². The van der Waals surface area contributed by atoms with E-state index in [9.17, 15) is 4.79 Å². The van der Waals surface area contributed by atoms with Gasteiger partial charge in [-0.2, -0.15) is 0 Å². The third-order valence-electron chi connectivity index (χ3n) is 5.81. The van der Waals surface area contributed by atoms with Crippen LogP contribution in [0.1, 0.15) is 78.6 Å². The zero-order chi connectivity index (χ0) is 18.4. The molecular weight excluding hydrogens is 336 g/mol. The van der Waals surface area contributed by atoms with E-state index >= 15 is 0 Å². The number of hydrogen-bond acceptors (Lipinski definition) is 3. The third kappa shape index (κ3) is 6.94. The maximum atomic E-state index is 11.6. The van der Waals surface area contributed by atoms with Crippen LogP contribution in [-0.4, -0.2) is 29.7 Å². The van der Waals surface area contributed by atoms with Gasteiger partial charge in [-0.05, 0) is 90.4 Å². The molecule has 0 aromatic rings. The Hall–Kier alpha value is -0.540. The molecule has 2 aliphatic carbocycles. The minimum atomic E-state index is -0.235. The highest BCUT2D eigenvalue weighted by atomic mass is 35.5. The Kier molecular flexibility index (Phi) is 8.28. The van der Waals surface area contributed by atoms with Crippen LogP contribution in [0.25, 0.3) is 0 Å². The van der Waals surface area contributed by atoms with Crippen LogP contribution in [0.2, 0.25) is 0 Å². The van der Waals surface area contributed by atoms with Gasteiger partial charge in [0, 0.05) is 11.0 Å². The van der Waals surface area contributed by atoms with Crippen LogP contribution in [0.4, 0.5) is 0 Å². The summed E-state index contributed by atoms with van der Waals surface area (Å²) in [5.74, 6) is 1.38. The second kappa shape index (κ2) is 9.97. The van der Waals surface area contributed by atoms with Crippen LogP contribution >= 0.6 is 11.6 Å². The normalized spacial score (nSPS) is 32.6. The Balaban J connectivity index is 1.67. The molecule has 2 fully saturated rings. The molecule has 0 heterocycles. The fourth-order valence-corrected chi connectivity index (χ4v) is 4.72. The molecular formula is C21H35ClO3. The molecule has 0 aromatic carbocycles. The molecule has 144 valence electrons. The molecule has 0 radical (unpaired) electrons. The first-order chi connectivity index (χ1) is 11.8. The quantitative estimate of drug-likeness (QED) is 0.330. The Labute approximate surface area is 158 Å². The van der Waals surface area contributed by atoms with Crippen molar-refractivity contribution in [3.05, 3.63) is 12.2 Å². The lowest BCUT2D eigenvalue weighted by atomic mass is 9.72. The highest BCUT2D eigenvalue weighted by Gasteiger charge is 2.32. The highest BCUT2D eigenvalue weighted by Crippen LogP contribution is 2.40. The minimum absolute atomic E-state index is 0.0958. The molecule has 2 atom stereocenters. The summed E-state index contributed by atoms with van der Waals surface area (Å²) in [5.41, 5.74) is 0.498. The summed E-state index contributed by atoms with van der Waals surface area (Å²) in [4.78, 5) is 11.6. The van der Waals surface area contributed by atoms with Crippen LogP contribution in [0.15, 0.2) is 12.2 Å². The number of carbonyl (C=O) groups is 1. The van der Waals surface area contributed by atoms with Crippen molar-refractivity contribution in [3.8, 4) is 0 Å². The number of ether oxygens (including phenoxy) is 2. The Morgan fingerprint density at radius 2 is 1.48 bits per heavy atom. The first-order valence-corrected chi connectivity index (χ1v) is 10.4. The first-order valence-electron chi connectivity index (χ1n) is 10.0. The molecule has 4 heteroatoms. The van der Waals surface area contributed by atoms with E-state index in [1.165, 1.54) is 38.5 Å². The highest BCUT2D eigenvalue weighted by molar-refractivity contribution is 6.20. The van der Waals surface area contributed by atoms with Crippen molar-refractivity contribution in [1.82, 2.24) is 0 Å². The minimum Gasteiger partial charge on any atom is -0.459 e. The molecule has 3 nitrogen and oxygen atoms in total. The lowest BCUT2D eigenvalue weighted by Gasteiger charge is -2.38. The van der Waals surface area contributed by atoms with E-state index in [4.69, 9.17) is 21.1 Å². The smallest absolute Gasteiger partial charge is 0.333 e. The van der Waals surface area contributed by atoms with Gasteiger partial charge in [0.25, 0.3) is 0 Å². The molecule has 0 aliphatic heterocycles. The van der Waals surface area contributed by atoms with Gasteiger partial charge >= 0.3 is 5.97 Å². The van der Waals surface area contributed by atoms with Crippen LogP contribution in [0.5, 0.6) is 0 Å². The number of hydrogen-bond donors (Lipinski definition) is 0. The van der Waals surface area contributed by atoms with E-state index in [0.717, 1.165) is 31.1 Å². The molecule has 0 aromatic heterocycles. The molecule has 2 aliphatic rings. The Bertz CT molecular complexity index is 432. The van der Waals surface area contributed by atoms with E-state index < -0.39 is 0 Å². The largest absolute Gasteiger partial charge is 0.459 e. The summed E-state index contributed by atoms with van der Waals surface area (Å²) in [6, 6.07) is 0. The predicted octanol–water partition coefficient (Wildman–Crippen LogP) is 5.65. The van der Waals surface area contributed by atoms with Crippen molar-refractivity contribution >= 4 is 17.6 Å². The number of rotatable bonds is 7. The Morgan fingerprint density at radius 1 is 1.00 bits per heavy atom. The number of esters is 1. The maximum Gasteiger partial charge on any atom is 0.333 e. The standard InChI is InChI=1S/C21H35ClO3/c1-14(2)21(23)25-20-11-7-18(8-12-20)17-5-9-19(10-6-17)24-16(4)13-15(3)22/h15-20H,1,5-13H2,2-4H3. The number of carbonyl (C=O) groups excluding carboxylic acids is 1. The van der Waals surface area contributed by atoms with Gasteiger partial charge in [0.05, 0.1) is 12.2 Å². The van der Waals surface area contributed by atoms with Crippen molar-refractivity contribution in [2.75, 3.05) is 0 Å². The number of alkyl halides is 1. The zero-order valence-corrected chi connectivity index (χ0v) is 16.9. The summed E-state index contributed by atoms with van der Waals surface area (Å²) in [6.07, 6.45) is 11.0. The van der Waals surface area contributed by atoms with Crippen LogP contribution in [0.3, 0.4) is 0 Å². The van der Waals surface area contributed by atoms with Gasteiger partial charge in [-0.1, -0.05) is 6.58 Å². The predicted molar refractivity (Wildman–Crippen MR) is 103 cm³/mol. The third-order valence-corrected chi connectivity index (χ3v) is 5.99. The van der Waals surface area contributed by atoms with E-state index in [1.807, 2.05) is 6.92 Å². The molecule has 2 rings (SSSR count). The Morgan fingerprint density at radius 3 is 1.92 bits per heavy atom. The van der Waals surface area contributed by atoms with Crippen molar-refractivity contribution < 1.29 is 14.3 Å². The summed E-state index contributed by atoms with van der Waals surface area (Å²) >= 11 is 6.06. The van der Waals surface area contributed by atoms with Gasteiger partial charge in [0.2, 0.25) is 0 Å². The summed E-state index contributed by atoms with van der Waals surface area (Å²) in [6.45, 7) is 9.54. The number of halogens is 1. The second-order valence-electron chi connectivity index (χ2n) is 8.22. The second-order valence-corrected chi connectivity index (χ2v) is 8.97. The fraction of sp³-hybridized carbons (Fsp3) is 0.857. The zero-order valence-electron chi connectivity index (χ0n) is 16.1. The molecule has 0 saturated heterocycles. The monoisotopic (exact) mass is 370 g/mol. The van der Waals surface area contributed by atoms with Gasteiger partial charge in [-0.3, -0.25) is 0 Å². The van der Waals surface area contributed by atoms with Crippen molar-refractivity contribution in [1.29, 1.82) is 0 Å². The molecule has 2 unspecified atom stereocenters. The van der Waals surface area contributed by atoms with Gasteiger partial charge in [-0.25, -0.2) is 4.79 Å². The van der Waals surface area contributed by atoms with Crippen molar-refractivity contribution in [2.24, 2.45) is 11.8 Å². The molecule has 0 N–H and O–H groups in total. The maximum absolute atomic E-state index is 11.6. The summed E-state index contributed by atoms with van der Waals surface area (Å²) in [5, 5.41) is 0.181. The molecule has 0 amide bonds. The summed E-state index contributed by atoms with van der Waals surface area (Å²) in [7, 11) is 0. The molecule has 2 saturated carbocycles. The fourth-order valence-electron chi connectivity index (χ4n) is 4.47. The summed E-state index contributed by atoms with van der Waals surface area (Å²) < 4.78 is 11.7. The van der Waals surface area contributed by atoms with Gasteiger partial charge < -0.3 is 9.47 Å². The van der Waals surface area contributed by atoms with E-state index in [1.54, 1.807) is 6.92 Å². The van der Waals surface area contributed by atoms with Crippen LogP contribution in [0, 0.1) is 11.8 Å². The van der Waals surface area contributed by atoms with Gasteiger partial charge in [-0.15, -0.1) is 11.6 Å². The van der Waals surface area contributed by atoms with Crippen LogP contribution in [-0.2, 0) is 14.3 Å². The van der Waals surface area contributed by atoms with E-state index in [2.05, 4.69) is 13.5 Å². The van der Waals surface area contributed by atoms with Gasteiger partial charge in [0.1, 0.15) is 6.10 Å². The lowest BCUT2D eigenvalue weighted by Crippen LogP contribution is -2.32. The molecule has 25 heavy (non-hydrogen) atoms. The van der Waals surface area contributed by atoms with E-state index in [-0.39, 0.29) is 23.6 Å². The van der Waals surface area contributed by atoms with E-state index in [0.29, 0.717) is 11.7 Å². The topological polar surface area (TPSA) is 35.5 Å².